The first-order valence-electron chi connectivity index (χ1n) is 7.47. The molecule has 0 spiro atoms. The predicted molar refractivity (Wildman–Crippen MR) is 79.8 cm³/mol. The van der Waals surface area contributed by atoms with Crippen molar-refractivity contribution in [2.45, 2.75) is 6.37 Å². The van der Waals surface area contributed by atoms with E-state index in [-0.39, 0.29) is 11.5 Å². The number of H-pyrrole nitrogens is 1. The Morgan fingerprint density at radius 1 is 1.29 bits per heavy atom. The summed E-state index contributed by atoms with van der Waals surface area (Å²) in [5.74, 6) is 0.0784. The molecule has 0 fully saturated rings. The van der Waals surface area contributed by atoms with Crippen LogP contribution in [0.5, 0.6) is 5.75 Å². The van der Waals surface area contributed by atoms with E-state index in [4.69, 9.17) is 7.48 Å². The van der Waals surface area contributed by atoms with Crippen LogP contribution in [-0.2, 0) is 6.37 Å². The molecule has 0 saturated heterocycles. The summed E-state index contributed by atoms with van der Waals surface area (Å²) >= 11 is 0. The highest BCUT2D eigenvalue weighted by Crippen LogP contribution is 2.29. The van der Waals surface area contributed by atoms with Crippen molar-refractivity contribution in [2.75, 3.05) is 7.11 Å². The average Bonchev–Trinajstić information content (AvgIpc) is 3.09. The third kappa shape index (κ3) is 2.94. The van der Waals surface area contributed by atoms with Gasteiger partial charge in [-0.25, -0.2) is 9.37 Å². The van der Waals surface area contributed by atoms with Crippen LogP contribution < -0.4 is 4.74 Å². The molecular weight excluding hydrogens is 266 g/mol. The number of nitrogens with one attached hydrogen (secondary N) is 1. The number of halogens is 1. The minimum absolute atomic E-state index is 0.233. The Balaban J connectivity index is 2.13. The fraction of sp³-hybridized carbons (Fsp3) is 0.118. The van der Waals surface area contributed by atoms with Gasteiger partial charge in [-0.1, -0.05) is 12.1 Å². The summed E-state index contributed by atoms with van der Waals surface area (Å²) in [5.41, 5.74) is 1.65. The van der Waals surface area contributed by atoms with E-state index in [1.54, 1.807) is 42.7 Å². The van der Waals surface area contributed by atoms with Crippen molar-refractivity contribution in [2.24, 2.45) is 0 Å². The van der Waals surface area contributed by atoms with Gasteiger partial charge in [0.2, 0.25) is 0 Å². The monoisotopic (exact) mass is 283 g/mol. The molecule has 106 valence electrons. The van der Waals surface area contributed by atoms with Crippen molar-refractivity contribution < 1.29 is 11.9 Å². The number of rotatable bonds is 4. The van der Waals surface area contributed by atoms with Crippen molar-refractivity contribution in [1.29, 1.82) is 0 Å². The highest BCUT2D eigenvalue weighted by Gasteiger charge is 2.10. The number of nitrogens with zero attached hydrogens (tertiary/aromatic N) is 1. The van der Waals surface area contributed by atoms with Gasteiger partial charge in [-0.2, -0.15) is 0 Å². The van der Waals surface area contributed by atoms with E-state index in [0.29, 0.717) is 22.6 Å². The van der Waals surface area contributed by atoms with E-state index in [1.807, 2.05) is 0 Å². The lowest BCUT2D eigenvalue weighted by atomic mass is 10.1. The molecule has 0 bridgehead atoms. The van der Waals surface area contributed by atoms with Gasteiger partial charge >= 0.3 is 0 Å². The standard InChI is InChI=1S/C17H15FN2O/c1-21-16-6-5-15(9-12-7-8-19-11-12)20-17(16)13-3-2-4-14(18)10-13/h2-8,10-11,19H,9H2,1H3/i1-1,9D2. The lowest BCUT2D eigenvalue weighted by Crippen LogP contribution is -1.97. The maximum atomic E-state index is 13.5. The second-order valence-electron chi connectivity index (χ2n) is 4.48. The molecule has 1 aromatic carbocycles. The lowest BCUT2D eigenvalue weighted by molar-refractivity contribution is 0.414. The molecule has 1 N–H and O–H groups in total. The summed E-state index contributed by atoms with van der Waals surface area (Å²) in [5, 5.41) is 0. The fourth-order valence-corrected chi connectivity index (χ4v) is 2.07. The van der Waals surface area contributed by atoms with E-state index in [1.165, 1.54) is 19.2 Å². The lowest BCUT2D eigenvalue weighted by Gasteiger charge is -2.10. The first-order chi connectivity index (χ1) is 11.0. The fourth-order valence-electron chi connectivity index (χ4n) is 2.07. The number of aromatic nitrogens is 2. The predicted octanol–water partition coefficient (Wildman–Crippen LogP) is 3.82. The molecule has 2 aromatic heterocycles. The number of hydrogen-bond acceptors (Lipinski definition) is 2. The molecule has 3 rings (SSSR count). The highest BCUT2D eigenvalue weighted by molar-refractivity contribution is 5.66. The third-order valence-corrected chi connectivity index (χ3v) is 3.05. The number of benzene rings is 1. The Bertz CT molecular complexity index is 819. The SMILES string of the molecule is [2H]C([2H])(c1cc[nH]c1)c1ccc(O[11CH3])c(-c2cccc(F)c2)n1. The minimum Gasteiger partial charge on any atom is -0.494 e. The normalized spacial score (nSPS) is 12.7. The van der Waals surface area contributed by atoms with E-state index in [2.05, 4.69) is 9.97 Å². The summed E-state index contributed by atoms with van der Waals surface area (Å²) in [6.45, 7) is 0. The summed E-state index contributed by atoms with van der Waals surface area (Å²) in [7, 11) is 1.50. The zero-order chi connectivity index (χ0) is 16.4. The summed E-state index contributed by atoms with van der Waals surface area (Å²) in [6.07, 6.45) is 1.48. The van der Waals surface area contributed by atoms with Gasteiger partial charge in [0.1, 0.15) is 17.3 Å². The molecule has 21 heavy (non-hydrogen) atoms. The minimum atomic E-state index is -1.77. The van der Waals surface area contributed by atoms with Crippen LogP contribution in [0.1, 0.15) is 14.0 Å². The summed E-state index contributed by atoms with van der Waals surface area (Å²) < 4.78 is 35.4. The topological polar surface area (TPSA) is 37.9 Å². The molecule has 0 aliphatic rings. The van der Waals surface area contributed by atoms with E-state index in [9.17, 15) is 4.39 Å². The van der Waals surface area contributed by atoms with Crippen LogP contribution in [0.25, 0.3) is 11.3 Å². The molecule has 3 nitrogen and oxygen atoms in total. The van der Waals surface area contributed by atoms with Gasteiger partial charge in [-0.3, -0.25) is 0 Å². The molecule has 0 unspecified atom stereocenters. The van der Waals surface area contributed by atoms with Gasteiger partial charge in [0.15, 0.2) is 0 Å². The number of pyridine rings is 1. The van der Waals surface area contributed by atoms with E-state index in [0.717, 1.165) is 0 Å². The Hall–Kier alpha value is -2.62. The maximum Gasteiger partial charge on any atom is 0.145 e. The molecule has 4 heteroatoms. The van der Waals surface area contributed by atoms with Gasteiger partial charge in [-0.15, -0.1) is 0 Å². The Kier molecular flexibility index (Phi) is 3.06. The number of aromatic amines is 1. The Morgan fingerprint density at radius 3 is 2.90 bits per heavy atom. The summed E-state index contributed by atoms with van der Waals surface area (Å²) in [6, 6.07) is 10.9. The molecule has 3 aromatic rings. The molecule has 0 aliphatic carbocycles. The maximum absolute atomic E-state index is 13.5. The first-order valence-corrected chi connectivity index (χ1v) is 6.47. The third-order valence-electron chi connectivity index (χ3n) is 3.05. The van der Waals surface area contributed by atoms with Crippen LogP contribution in [0, 0.1) is 5.82 Å². The molecule has 0 radical (unpaired) electrons. The number of methoxy groups -OCH3 is 1. The molecule has 0 aliphatic heterocycles. The quantitative estimate of drug-likeness (QED) is 0.790. The van der Waals surface area contributed by atoms with Crippen LogP contribution >= 0.6 is 0 Å². The van der Waals surface area contributed by atoms with Crippen molar-refractivity contribution in [1.82, 2.24) is 9.97 Å². The second kappa shape index (κ2) is 5.79. The molecule has 0 amide bonds. The zero-order valence-corrected chi connectivity index (χ0v) is 11.4. The molecule has 2 heterocycles. The van der Waals surface area contributed by atoms with Crippen LogP contribution in [0.4, 0.5) is 4.39 Å². The zero-order valence-electron chi connectivity index (χ0n) is 13.4. The van der Waals surface area contributed by atoms with Crippen LogP contribution in [0.2, 0.25) is 0 Å². The number of ether oxygens (including phenoxy) is 1. The first kappa shape index (κ1) is 11.1. The van der Waals surface area contributed by atoms with Crippen molar-refractivity contribution >= 4 is 0 Å². The summed E-state index contributed by atoms with van der Waals surface area (Å²) in [4.78, 5) is 7.24. The Morgan fingerprint density at radius 2 is 2.19 bits per heavy atom. The average molecular weight is 283 g/mol. The van der Waals surface area contributed by atoms with Crippen LogP contribution in [0.3, 0.4) is 0 Å². The second-order valence-corrected chi connectivity index (χ2v) is 4.48. The van der Waals surface area contributed by atoms with E-state index < -0.39 is 6.37 Å². The molecule has 0 saturated carbocycles. The van der Waals surface area contributed by atoms with Crippen LogP contribution in [0.15, 0.2) is 54.9 Å². The van der Waals surface area contributed by atoms with Crippen molar-refractivity contribution in [3.8, 4) is 17.0 Å². The van der Waals surface area contributed by atoms with Crippen molar-refractivity contribution in [3.05, 3.63) is 71.9 Å². The van der Waals surface area contributed by atoms with E-state index >= 15 is 0 Å². The largest absolute Gasteiger partial charge is 0.494 e. The smallest absolute Gasteiger partial charge is 0.145 e. The van der Waals surface area contributed by atoms with Gasteiger partial charge in [0, 0.05) is 32.8 Å². The molecular formula is C17H15FN2O. The van der Waals surface area contributed by atoms with Gasteiger partial charge in [0.05, 0.1) is 7.11 Å². The number of hydrogen-bond donors (Lipinski definition) is 1. The van der Waals surface area contributed by atoms with Gasteiger partial charge in [-0.05, 0) is 35.9 Å². The van der Waals surface area contributed by atoms with Crippen LogP contribution in [-0.4, -0.2) is 17.1 Å². The van der Waals surface area contributed by atoms with Crippen molar-refractivity contribution in [3.63, 3.8) is 0 Å². The molecule has 0 atom stereocenters. The van der Waals surface area contributed by atoms with Gasteiger partial charge in [0.25, 0.3) is 0 Å². The Labute approximate surface area is 125 Å². The highest BCUT2D eigenvalue weighted by atomic mass is 19.1. The van der Waals surface area contributed by atoms with Gasteiger partial charge < -0.3 is 9.72 Å².